The van der Waals surface area contributed by atoms with Gasteiger partial charge in [0.05, 0.1) is 17.1 Å². The molecule has 2 amide bonds. The zero-order valence-corrected chi connectivity index (χ0v) is 16.3. The molecule has 1 aliphatic rings. The molecule has 0 spiro atoms. The van der Waals surface area contributed by atoms with Gasteiger partial charge in [0.25, 0.3) is 5.91 Å². The van der Waals surface area contributed by atoms with E-state index in [4.69, 9.17) is 4.74 Å². The summed E-state index contributed by atoms with van der Waals surface area (Å²) in [5.41, 5.74) is 2.43. The second kappa shape index (κ2) is 8.24. The maximum Gasteiger partial charge on any atom is 0.342 e. The van der Waals surface area contributed by atoms with Crippen molar-refractivity contribution in [2.24, 2.45) is 0 Å². The van der Waals surface area contributed by atoms with Crippen LogP contribution in [0, 0.1) is 13.8 Å². The molecular formula is C20H24N4O4. The minimum atomic E-state index is -0.562. The Hall–Kier alpha value is -3.16. The highest BCUT2D eigenvalue weighted by Gasteiger charge is 2.25. The quantitative estimate of drug-likeness (QED) is 0.743. The van der Waals surface area contributed by atoms with Crippen LogP contribution in [0.25, 0.3) is 5.69 Å². The van der Waals surface area contributed by atoms with Gasteiger partial charge in [-0.2, -0.15) is 5.10 Å². The highest BCUT2D eigenvalue weighted by Crippen LogP contribution is 2.18. The van der Waals surface area contributed by atoms with E-state index in [2.05, 4.69) is 5.10 Å². The topological polar surface area (TPSA) is 84.7 Å². The number of esters is 1. The number of hydrogen-bond acceptors (Lipinski definition) is 5. The summed E-state index contributed by atoms with van der Waals surface area (Å²) in [6.07, 6.45) is 0. The molecule has 0 atom stereocenters. The van der Waals surface area contributed by atoms with E-state index in [1.54, 1.807) is 28.3 Å². The van der Waals surface area contributed by atoms with Crippen LogP contribution in [0.4, 0.5) is 0 Å². The van der Waals surface area contributed by atoms with Gasteiger partial charge >= 0.3 is 5.97 Å². The summed E-state index contributed by atoms with van der Waals surface area (Å²) in [6.45, 7) is 6.61. The number of rotatable bonds is 4. The SMILES string of the molecule is CC(=O)N1CCN(C(=O)COC(=O)c2c(C)nn(-c3ccccc3)c2C)CC1. The Kier molecular flexibility index (Phi) is 5.77. The maximum absolute atomic E-state index is 12.6. The fraction of sp³-hybridized carbons (Fsp3) is 0.400. The van der Waals surface area contributed by atoms with Crippen molar-refractivity contribution in [3.05, 3.63) is 47.3 Å². The average molecular weight is 384 g/mol. The fourth-order valence-electron chi connectivity index (χ4n) is 3.32. The van der Waals surface area contributed by atoms with E-state index in [0.29, 0.717) is 43.1 Å². The highest BCUT2D eigenvalue weighted by atomic mass is 16.5. The van der Waals surface area contributed by atoms with Crippen molar-refractivity contribution < 1.29 is 19.1 Å². The van der Waals surface area contributed by atoms with Gasteiger partial charge in [0.15, 0.2) is 6.61 Å². The average Bonchev–Trinajstić information content (AvgIpc) is 3.00. The molecule has 1 aromatic heterocycles. The molecule has 8 heteroatoms. The smallest absolute Gasteiger partial charge is 0.342 e. The van der Waals surface area contributed by atoms with Crippen molar-refractivity contribution in [3.63, 3.8) is 0 Å². The Balaban J connectivity index is 1.62. The Morgan fingerprint density at radius 2 is 1.61 bits per heavy atom. The second-order valence-corrected chi connectivity index (χ2v) is 6.76. The van der Waals surface area contributed by atoms with Crippen LogP contribution in [0.2, 0.25) is 0 Å². The fourth-order valence-corrected chi connectivity index (χ4v) is 3.32. The van der Waals surface area contributed by atoms with Gasteiger partial charge < -0.3 is 14.5 Å². The molecule has 0 bridgehead atoms. The number of aromatic nitrogens is 2. The van der Waals surface area contributed by atoms with Crippen molar-refractivity contribution >= 4 is 17.8 Å². The number of para-hydroxylation sites is 1. The molecule has 28 heavy (non-hydrogen) atoms. The summed E-state index contributed by atoms with van der Waals surface area (Å²) in [6, 6.07) is 9.51. The molecule has 3 rings (SSSR count). The predicted octanol–water partition coefficient (Wildman–Crippen LogP) is 1.34. The van der Waals surface area contributed by atoms with Gasteiger partial charge in [-0.1, -0.05) is 18.2 Å². The number of piperazine rings is 1. The van der Waals surface area contributed by atoms with Crippen molar-refractivity contribution in [1.82, 2.24) is 19.6 Å². The van der Waals surface area contributed by atoms with Crippen LogP contribution < -0.4 is 0 Å². The van der Waals surface area contributed by atoms with Crippen LogP contribution in [0.3, 0.4) is 0 Å². The maximum atomic E-state index is 12.6. The van der Waals surface area contributed by atoms with Crippen molar-refractivity contribution in [1.29, 1.82) is 0 Å². The van der Waals surface area contributed by atoms with Crippen LogP contribution in [0.5, 0.6) is 0 Å². The molecule has 0 aliphatic carbocycles. The first-order valence-corrected chi connectivity index (χ1v) is 9.20. The minimum absolute atomic E-state index is 0.0000878. The summed E-state index contributed by atoms with van der Waals surface area (Å²) < 4.78 is 6.95. The summed E-state index contributed by atoms with van der Waals surface area (Å²) in [5.74, 6) is -0.824. The zero-order valence-electron chi connectivity index (χ0n) is 16.3. The minimum Gasteiger partial charge on any atom is -0.452 e. The molecule has 8 nitrogen and oxygen atoms in total. The van der Waals surface area contributed by atoms with Crippen LogP contribution in [-0.2, 0) is 14.3 Å². The molecule has 1 aliphatic heterocycles. The first-order chi connectivity index (χ1) is 13.4. The summed E-state index contributed by atoms with van der Waals surface area (Å²) in [5, 5.41) is 4.43. The number of benzene rings is 1. The highest BCUT2D eigenvalue weighted by molar-refractivity contribution is 5.93. The Labute approximate surface area is 163 Å². The van der Waals surface area contributed by atoms with Gasteiger partial charge in [0.1, 0.15) is 5.56 Å². The molecule has 0 unspecified atom stereocenters. The lowest BCUT2D eigenvalue weighted by Crippen LogP contribution is -2.51. The van der Waals surface area contributed by atoms with E-state index < -0.39 is 5.97 Å². The third-order valence-electron chi connectivity index (χ3n) is 4.90. The molecule has 1 saturated heterocycles. The lowest BCUT2D eigenvalue weighted by Gasteiger charge is -2.34. The Morgan fingerprint density at radius 1 is 1.00 bits per heavy atom. The number of hydrogen-bond donors (Lipinski definition) is 0. The number of amides is 2. The van der Waals surface area contributed by atoms with Gasteiger partial charge in [-0.05, 0) is 26.0 Å². The molecular weight excluding hydrogens is 360 g/mol. The van der Waals surface area contributed by atoms with E-state index in [-0.39, 0.29) is 18.4 Å². The molecule has 0 N–H and O–H groups in total. The standard InChI is InChI=1S/C20H24N4O4/c1-14-19(15(2)24(21-14)17-7-5-4-6-8-17)20(27)28-13-18(26)23-11-9-22(10-12-23)16(3)25/h4-8H,9-13H2,1-3H3. The number of carbonyl (C=O) groups excluding carboxylic acids is 3. The van der Waals surface area contributed by atoms with Crippen molar-refractivity contribution in [2.45, 2.75) is 20.8 Å². The van der Waals surface area contributed by atoms with Gasteiger partial charge in [-0.25, -0.2) is 9.48 Å². The Morgan fingerprint density at radius 3 is 2.21 bits per heavy atom. The molecule has 148 valence electrons. The van der Waals surface area contributed by atoms with Gasteiger partial charge in [-0.3, -0.25) is 9.59 Å². The monoisotopic (exact) mass is 384 g/mol. The van der Waals surface area contributed by atoms with E-state index in [0.717, 1.165) is 5.69 Å². The molecule has 1 fully saturated rings. The largest absolute Gasteiger partial charge is 0.452 e. The molecule has 2 aromatic rings. The van der Waals surface area contributed by atoms with Gasteiger partial charge in [-0.15, -0.1) is 0 Å². The third kappa shape index (κ3) is 4.05. The predicted molar refractivity (Wildman–Crippen MR) is 102 cm³/mol. The summed E-state index contributed by atoms with van der Waals surface area (Å²) in [4.78, 5) is 39.6. The number of ether oxygens (including phenoxy) is 1. The zero-order chi connectivity index (χ0) is 20.3. The van der Waals surface area contributed by atoms with Crippen LogP contribution in [0.15, 0.2) is 30.3 Å². The van der Waals surface area contributed by atoms with Gasteiger partial charge in [0, 0.05) is 33.1 Å². The van der Waals surface area contributed by atoms with Gasteiger partial charge in [0.2, 0.25) is 5.91 Å². The summed E-state index contributed by atoms with van der Waals surface area (Å²) >= 11 is 0. The van der Waals surface area contributed by atoms with E-state index in [1.807, 2.05) is 30.3 Å². The molecule has 0 radical (unpaired) electrons. The molecule has 2 heterocycles. The lowest BCUT2D eigenvalue weighted by atomic mass is 10.2. The lowest BCUT2D eigenvalue weighted by molar-refractivity contribution is -0.140. The van der Waals surface area contributed by atoms with Crippen molar-refractivity contribution in [3.8, 4) is 5.69 Å². The van der Waals surface area contributed by atoms with E-state index in [9.17, 15) is 14.4 Å². The first kappa shape index (κ1) is 19.6. The Bertz CT molecular complexity index is 883. The van der Waals surface area contributed by atoms with E-state index in [1.165, 1.54) is 6.92 Å². The van der Waals surface area contributed by atoms with E-state index >= 15 is 0 Å². The summed E-state index contributed by atoms with van der Waals surface area (Å²) in [7, 11) is 0. The van der Waals surface area contributed by atoms with Crippen molar-refractivity contribution in [2.75, 3.05) is 32.8 Å². The molecule has 0 saturated carbocycles. The molecule has 1 aromatic carbocycles. The number of nitrogens with zero attached hydrogens (tertiary/aromatic N) is 4. The van der Waals surface area contributed by atoms with Crippen LogP contribution in [0.1, 0.15) is 28.7 Å². The number of aryl methyl sites for hydroxylation is 1. The third-order valence-corrected chi connectivity index (χ3v) is 4.90. The normalized spacial score (nSPS) is 14.1. The number of carbonyl (C=O) groups is 3. The first-order valence-electron chi connectivity index (χ1n) is 9.20. The second-order valence-electron chi connectivity index (χ2n) is 6.76. The van der Waals surface area contributed by atoms with Crippen LogP contribution in [-0.4, -0.2) is 70.1 Å². The van der Waals surface area contributed by atoms with Crippen LogP contribution >= 0.6 is 0 Å².